The molecule has 3 aromatic rings. The lowest BCUT2D eigenvalue weighted by molar-refractivity contribution is -0.118. The maximum absolute atomic E-state index is 13.1. The first-order valence-electron chi connectivity index (χ1n) is 6.62. The van der Waals surface area contributed by atoms with Crippen molar-refractivity contribution in [2.24, 2.45) is 0 Å². The van der Waals surface area contributed by atoms with Crippen LogP contribution >= 0.6 is 0 Å². The van der Waals surface area contributed by atoms with Gasteiger partial charge in [-0.1, -0.05) is 0 Å². The fourth-order valence-electron chi connectivity index (χ4n) is 1.98. The molecule has 0 aliphatic carbocycles. The number of nitrogens with one attached hydrogen (secondary N) is 2. The maximum Gasteiger partial charge on any atom is 0.300 e. The molecule has 2 aromatic carbocycles. The van der Waals surface area contributed by atoms with E-state index >= 15 is 0 Å². The van der Waals surface area contributed by atoms with Gasteiger partial charge in [0.1, 0.15) is 23.7 Å². The van der Waals surface area contributed by atoms with Crippen molar-refractivity contribution in [2.75, 3.05) is 17.2 Å². The zero-order valence-corrected chi connectivity index (χ0v) is 11.7. The number of hydrogen-bond donors (Lipinski definition) is 4. The van der Waals surface area contributed by atoms with Crippen molar-refractivity contribution in [1.82, 2.24) is 4.98 Å². The molecule has 23 heavy (non-hydrogen) atoms. The summed E-state index contributed by atoms with van der Waals surface area (Å²) < 4.78 is 18.5. The van der Waals surface area contributed by atoms with Crippen LogP contribution in [0.2, 0.25) is 0 Å². The summed E-state index contributed by atoms with van der Waals surface area (Å²) in [5.74, 6) is -1.19. The third kappa shape index (κ3) is 3.22. The summed E-state index contributed by atoms with van der Waals surface area (Å²) in [4.78, 5) is 15.2. The largest absolute Gasteiger partial charge is 0.506 e. The summed E-state index contributed by atoms with van der Waals surface area (Å²) in [6, 6.07) is 8.37. The van der Waals surface area contributed by atoms with E-state index in [0.29, 0.717) is 16.9 Å². The topological polar surface area (TPSA) is 108 Å². The Morgan fingerprint density at radius 3 is 2.83 bits per heavy atom. The van der Waals surface area contributed by atoms with E-state index in [-0.39, 0.29) is 17.3 Å². The van der Waals surface area contributed by atoms with Crippen LogP contribution in [-0.2, 0) is 4.79 Å². The lowest BCUT2D eigenvalue weighted by Crippen LogP contribution is -2.15. The van der Waals surface area contributed by atoms with Gasteiger partial charge in [0.05, 0.1) is 5.69 Å². The van der Waals surface area contributed by atoms with Crippen molar-refractivity contribution in [3.8, 4) is 5.75 Å². The molecule has 0 aliphatic rings. The molecule has 0 spiro atoms. The van der Waals surface area contributed by atoms with Crippen LogP contribution in [-0.4, -0.2) is 27.7 Å². The second-order valence-electron chi connectivity index (χ2n) is 4.69. The van der Waals surface area contributed by atoms with Crippen LogP contribution in [0.4, 0.5) is 21.8 Å². The van der Waals surface area contributed by atoms with Gasteiger partial charge in [-0.2, -0.15) is 4.98 Å². The number of anilines is 3. The molecule has 0 fully saturated rings. The number of rotatable bonds is 4. The van der Waals surface area contributed by atoms with E-state index in [9.17, 15) is 14.3 Å². The van der Waals surface area contributed by atoms with Crippen molar-refractivity contribution in [3.63, 3.8) is 0 Å². The van der Waals surface area contributed by atoms with Crippen LogP contribution in [0.15, 0.2) is 40.8 Å². The number of carbonyl (C=O) groups excluding carboxylic acids is 1. The molecule has 0 saturated carbocycles. The fraction of sp³-hybridized carbons (Fsp3) is 0.0667. The van der Waals surface area contributed by atoms with Gasteiger partial charge in [0.2, 0.25) is 5.91 Å². The molecule has 0 atom stereocenters. The number of aliphatic hydroxyl groups excluding tert-OH is 1. The molecule has 0 saturated heterocycles. The number of phenols is 1. The maximum atomic E-state index is 13.1. The molecule has 7 nitrogen and oxygen atoms in total. The third-order valence-corrected chi connectivity index (χ3v) is 3.02. The van der Waals surface area contributed by atoms with Crippen LogP contribution in [0.25, 0.3) is 11.1 Å². The second-order valence-corrected chi connectivity index (χ2v) is 4.69. The standard InChI is InChI=1S/C15H12FN3O4/c16-8-1-3-11-13(5-8)23-15(19-11)18-10-4-2-9(6-12(10)21)17-14(22)7-20/h1-6,20-21H,7H2,(H,17,22)(H,18,19). The number of amides is 1. The molecule has 1 heterocycles. The van der Waals surface area contributed by atoms with E-state index in [4.69, 9.17) is 9.52 Å². The molecule has 0 unspecified atom stereocenters. The van der Waals surface area contributed by atoms with E-state index in [2.05, 4.69) is 15.6 Å². The summed E-state index contributed by atoms with van der Waals surface area (Å²) in [5, 5.41) is 23.8. The molecular weight excluding hydrogens is 305 g/mol. The van der Waals surface area contributed by atoms with Crippen molar-refractivity contribution in [1.29, 1.82) is 0 Å². The van der Waals surface area contributed by atoms with Gasteiger partial charge in [-0.05, 0) is 24.3 Å². The fourth-order valence-corrected chi connectivity index (χ4v) is 1.98. The van der Waals surface area contributed by atoms with Crippen LogP contribution in [0.3, 0.4) is 0 Å². The minimum atomic E-state index is -0.653. The number of halogens is 1. The molecule has 4 N–H and O–H groups in total. The summed E-state index contributed by atoms with van der Waals surface area (Å²) in [5.41, 5.74) is 1.37. The minimum Gasteiger partial charge on any atom is -0.506 e. The van der Waals surface area contributed by atoms with Crippen molar-refractivity contribution in [3.05, 3.63) is 42.2 Å². The van der Waals surface area contributed by atoms with Gasteiger partial charge < -0.3 is 25.3 Å². The Labute approximate surface area is 129 Å². The number of hydrogen-bond acceptors (Lipinski definition) is 6. The second kappa shape index (κ2) is 5.93. The number of aromatic nitrogens is 1. The Balaban J connectivity index is 1.82. The zero-order valence-electron chi connectivity index (χ0n) is 11.7. The lowest BCUT2D eigenvalue weighted by atomic mass is 10.2. The Hall–Kier alpha value is -3.13. The monoisotopic (exact) mass is 317 g/mol. The summed E-state index contributed by atoms with van der Waals surface area (Å²) in [7, 11) is 0. The van der Waals surface area contributed by atoms with E-state index in [1.807, 2.05) is 0 Å². The zero-order chi connectivity index (χ0) is 16.4. The Bertz CT molecular complexity index is 878. The van der Waals surface area contributed by atoms with Crippen molar-refractivity contribution in [2.45, 2.75) is 0 Å². The molecule has 0 radical (unpaired) electrons. The van der Waals surface area contributed by atoms with Crippen LogP contribution in [0.5, 0.6) is 5.75 Å². The highest BCUT2D eigenvalue weighted by atomic mass is 19.1. The van der Waals surface area contributed by atoms with E-state index in [1.54, 1.807) is 0 Å². The molecule has 1 amide bonds. The number of phenolic OH excluding ortho intramolecular Hbond substituents is 1. The quantitative estimate of drug-likeness (QED) is 0.550. The Morgan fingerprint density at radius 1 is 1.26 bits per heavy atom. The van der Waals surface area contributed by atoms with Gasteiger partial charge in [0, 0.05) is 17.8 Å². The number of aromatic hydroxyl groups is 1. The number of nitrogens with zero attached hydrogens (tertiary/aromatic N) is 1. The van der Waals surface area contributed by atoms with Gasteiger partial charge in [-0.3, -0.25) is 4.79 Å². The summed E-state index contributed by atoms with van der Waals surface area (Å²) in [6.07, 6.45) is 0. The van der Waals surface area contributed by atoms with Gasteiger partial charge in [0.15, 0.2) is 5.58 Å². The van der Waals surface area contributed by atoms with E-state index < -0.39 is 18.3 Å². The molecule has 8 heteroatoms. The minimum absolute atomic E-state index is 0.0908. The first-order valence-corrected chi connectivity index (χ1v) is 6.62. The van der Waals surface area contributed by atoms with E-state index in [1.165, 1.54) is 36.4 Å². The van der Waals surface area contributed by atoms with Crippen LogP contribution in [0, 0.1) is 5.82 Å². The molecule has 0 aliphatic heterocycles. The molecule has 1 aromatic heterocycles. The summed E-state index contributed by atoms with van der Waals surface area (Å²) in [6.45, 7) is -0.653. The number of aliphatic hydroxyl groups is 1. The third-order valence-electron chi connectivity index (χ3n) is 3.02. The molecular formula is C15H12FN3O4. The van der Waals surface area contributed by atoms with E-state index in [0.717, 1.165) is 0 Å². The van der Waals surface area contributed by atoms with Gasteiger partial charge in [0.25, 0.3) is 6.01 Å². The number of oxazole rings is 1. The smallest absolute Gasteiger partial charge is 0.300 e. The summed E-state index contributed by atoms with van der Waals surface area (Å²) >= 11 is 0. The predicted octanol–water partition coefficient (Wildman–Crippen LogP) is 2.35. The lowest BCUT2D eigenvalue weighted by Gasteiger charge is -2.08. The average Bonchev–Trinajstić information content (AvgIpc) is 2.91. The highest BCUT2D eigenvalue weighted by molar-refractivity contribution is 5.92. The van der Waals surface area contributed by atoms with Gasteiger partial charge in [-0.15, -0.1) is 0 Å². The average molecular weight is 317 g/mol. The van der Waals surface area contributed by atoms with Gasteiger partial charge in [-0.25, -0.2) is 4.39 Å². The predicted molar refractivity (Wildman–Crippen MR) is 81.1 cm³/mol. The number of benzene rings is 2. The highest BCUT2D eigenvalue weighted by Gasteiger charge is 2.10. The first kappa shape index (κ1) is 14.8. The van der Waals surface area contributed by atoms with Crippen molar-refractivity contribution >= 4 is 34.4 Å². The highest BCUT2D eigenvalue weighted by Crippen LogP contribution is 2.30. The Morgan fingerprint density at radius 2 is 2.09 bits per heavy atom. The molecule has 118 valence electrons. The van der Waals surface area contributed by atoms with Gasteiger partial charge >= 0.3 is 0 Å². The van der Waals surface area contributed by atoms with Crippen LogP contribution in [0.1, 0.15) is 0 Å². The normalized spacial score (nSPS) is 10.7. The number of carbonyl (C=O) groups is 1. The van der Waals surface area contributed by atoms with Crippen LogP contribution < -0.4 is 10.6 Å². The molecule has 0 bridgehead atoms. The van der Waals surface area contributed by atoms with Crippen molar-refractivity contribution < 1.29 is 23.8 Å². The number of fused-ring (bicyclic) bond motifs is 1. The first-order chi connectivity index (χ1) is 11.0. The molecule has 3 rings (SSSR count). The Kier molecular flexibility index (Phi) is 3.82. The SMILES string of the molecule is O=C(CO)Nc1ccc(Nc2nc3ccc(F)cc3o2)c(O)c1.